The molecular formula is C4H6ClN. The normalized spacial score (nSPS) is 7.50. The molecule has 0 aromatic heterocycles. The van der Waals surface area contributed by atoms with Crippen molar-refractivity contribution in [1.82, 2.24) is 0 Å². The highest BCUT2D eigenvalue weighted by atomic mass is 35.5. The van der Waals surface area contributed by atoms with Gasteiger partial charge in [0, 0.05) is 5.70 Å². The summed E-state index contributed by atoms with van der Waals surface area (Å²) in [6, 6.07) is 0. The van der Waals surface area contributed by atoms with Gasteiger partial charge in [0.05, 0.1) is 5.88 Å². The van der Waals surface area contributed by atoms with Crippen LogP contribution in [0.15, 0.2) is 17.3 Å². The Bertz CT molecular complexity index is 67.9. The molecule has 0 bridgehead atoms. The summed E-state index contributed by atoms with van der Waals surface area (Å²) in [7, 11) is 0. The number of hydrogen-bond donors (Lipinski definition) is 0. The second kappa shape index (κ2) is 2.91. The zero-order chi connectivity index (χ0) is 4.99. The highest BCUT2D eigenvalue weighted by molar-refractivity contribution is 6.19. The molecule has 0 saturated carbocycles. The van der Waals surface area contributed by atoms with Crippen LogP contribution in [-0.2, 0) is 0 Å². The van der Waals surface area contributed by atoms with E-state index in [-0.39, 0.29) is 0 Å². The highest BCUT2D eigenvalue weighted by Gasteiger charge is 1.76. The molecule has 0 atom stereocenters. The Morgan fingerprint density at radius 1 is 1.83 bits per heavy atom. The van der Waals surface area contributed by atoms with Gasteiger partial charge < -0.3 is 0 Å². The number of alkyl halides is 1. The molecule has 0 aromatic rings. The standard InChI is InChI=1S/C4H6ClN/c1-4(3-5)6-2/h1-3H2. The van der Waals surface area contributed by atoms with E-state index in [4.69, 9.17) is 11.6 Å². The van der Waals surface area contributed by atoms with E-state index in [1.165, 1.54) is 0 Å². The maximum atomic E-state index is 5.22. The fourth-order valence-electron chi connectivity index (χ4n) is 0.0423. The smallest absolute Gasteiger partial charge is 0.0641 e. The molecule has 34 valence electrons. The van der Waals surface area contributed by atoms with Gasteiger partial charge in [-0.25, -0.2) is 0 Å². The van der Waals surface area contributed by atoms with E-state index in [2.05, 4.69) is 18.3 Å². The summed E-state index contributed by atoms with van der Waals surface area (Å²) >= 11 is 5.22. The van der Waals surface area contributed by atoms with Crippen LogP contribution in [0.1, 0.15) is 0 Å². The lowest BCUT2D eigenvalue weighted by atomic mass is 10.6. The van der Waals surface area contributed by atoms with Crippen molar-refractivity contribution in [2.75, 3.05) is 5.88 Å². The van der Waals surface area contributed by atoms with E-state index in [1.54, 1.807) is 0 Å². The van der Waals surface area contributed by atoms with Crippen LogP contribution in [0.5, 0.6) is 0 Å². The number of nitrogens with zero attached hydrogens (tertiary/aromatic N) is 1. The molecule has 6 heavy (non-hydrogen) atoms. The molecule has 0 spiro atoms. The third-order valence-corrected chi connectivity index (χ3v) is 0.686. The molecule has 0 unspecified atom stereocenters. The summed E-state index contributed by atoms with van der Waals surface area (Å²) in [5.41, 5.74) is 0.622. The Hall–Kier alpha value is -0.300. The molecule has 0 aliphatic rings. The van der Waals surface area contributed by atoms with Crippen molar-refractivity contribution < 1.29 is 0 Å². The van der Waals surface area contributed by atoms with Crippen LogP contribution in [0.4, 0.5) is 0 Å². The second-order valence-electron chi connectivity index (χ2n) is 0.858. The zero-order valence-corrected chi connectivity index (χ0v) is 4.20. The molecule has 0 saturated heterocycles. The van der Waals surface area contributed by atoms with Crippen molar-refractivity contribution >= 4 is 18.3 Å². The van der Waals surface area contributed by atoms with Crippen molar-refractivity contribution in [3.05, 3.63) is 12.3 Å². The van der Waals surface area contributed by atoms with Crippen LogP contribution in [0.3, 0.4) is 0 Å². The molecule has 0 heterocycles. The van der Waals surface area contributed by atoms with Gasteiger partial charge in [-0.3, -0.25) is 4.99 Å². The minimum absolute atomic E-state index is 0.378. The molecule has 0 rings (SSSR count). The molecule has 0 aliphatic heterocycles. The Morgan fingerprint density at radius 3 is 2.33 bits per heavy atom. The van der Waals surface area contributed by atoms with E-state index in [0.717, 1.165) is 0 Å². The predicted molar refractivity (Wildman–Crippen MR) is 29.4 cm³/mol. The van der Waals surface area contributed by atoms with Gasteiger partial charge in [-0.1, -0.05) is 6.58 Å². The molecule has 0 aromatic carbocycles. The van der Waals surface area contributed by atoms with Gasteiger partial charge >= 0.3 is 0 Å². The Balaban J connectivity index is 3.23. The highest BCUT2D eigenvalue weighted by Crippen LogP contribution is 1.90. The summed E-state index contributed by atoms with van der Waals surface area (Å²) in [4.78, 5) is 3.43. The molecule has 0 amide bonds. The van der Waals surface area contributed by atoms with Crippen LogP contribution < -0.4 is 0 Å². The second-order valence-corrected chi connectivity index (χ2v) is 1.13. The summed E-state index contributed by atoms with van der Waals surface area (Å²) in [5.74, 6) is 0.378. The number of hydrogen-bond acceptors (Lipinski definition) is 1. The first-order valence-electron chi connectivity index (χ1n) is 1.51. The van der Waals surface area contributed by atoms with Crippen LogP contribution in [-0.4, -0.2) is 12.6 Å². The minimum atomic E-state index is 0.378. The van der Waals surface area contributed by atoms with Crippen molar-refractivity contribution in [3.63, 3.8) is 0 Å². The monoisotopic (exact) mass is 103 g/mol. The SMILES string of the molecule is C=NC(=C)CCl. The van der Waals surface area contributed by atoms with Gasteiger partial charge in [-0.2, -0.15) is 0 Å². The average Bonchev–Trinajstić information content (AvgIpc) is 1.65. The summed E-state index contributed by atoms with van der Waals surface area (Å²) in [6.45, 7) is 6.63. The van der Waals surface area contributed by atoms with Gasteiger partial charge in [0.2, 0.25) is 0 Å². The average molecular weight is 104 g/mol. The number of halogens is 1. The summed E-state index contributed by atoms with van der Waals surface area (Å²) in [6.07, 6.45) is 0. The van der Waals surface area contributed by atoms with Gasteiger partial charge in [-0.05, 0) is 6.72 Å². The van der Waals surface area contributed by atoms with E-state index >= 15 is 0 Å². The molecule has 1 nitrogen and oxygen atoms in total. The largest absolute Gasteiger partial charge is 0.268 e. The van der Waals surface area contributed by atoms with Crippen LogP contribution in [0, 0.1) is 0 Å². The lowest BCUT2D eigenvalue weighted by molar-refractivity contribution is 1.36. The van der Waals surface area contributed by atoms with Gasteiger partial charge in [-0.15, -0.1) is 11.6 Å². The Labute approximate surface area is 42.3 Å². The number of rotatable bonds is 2. The van der Waals surface area contributed by atoms with Gasteiger partial charge in [0.1, 0.15) is 0 Å². The molecule has 0 N–H and O–H groups in total. The summed E-state index contributed by atoms with van der Waals surface area (Å²) < 4.78 is 0. The lowest BCUT2D eigenvalue weighted by Gasteiger charge is -1.81. The fourth-order valence-corrected chi connectivity index (χ4v) is 0.127. The molecule has 0 aliphatic carbocycles. The van der Waals surface area contributed by atoms with Gasteiger partial charge in [0.15, 0.2) is 0 Å². The Morgan fingerprint density at radius 2 is 2.33 bits per heavy atom. The first-order valence-corrected chi connectivity index (χ1v) is 2.05. The van der Waals surface area contributed by atoms with E-state index < -0.39 is 0 Å². The van der Waals surface area contributed by atoms with Crippen molar-refractivity contribution in [1.29, 1.82) is 0 Å². The number of allylic oxidation sites excluding steroid dienone is 1. The zero-order valence-electron chi connectivity index (χ0n) is 3.45. The summed E-state index contributed by atoms with van der Waals surface area (Å²) in [5, 5.41) is 0. The van der Waals surface area contributed by atoms with Crippen LogP contribution in [0.25, 0.3) is 0 Å². The topological polar surface area (TPSA) is 12.4 Å². The van der Waals surface area contributed by atoms with E-state index in [1.807, 2.05) is 0 Å². The first-order chi connectivity index (χ1) is 2.81. The van der Waals surface area contributed by atoms with Crippen molar-refractivity contribution in [2.24, 2.45) is 4.99 Å². The molecule has 2 heteroatoms. The van der Waals surface area contributed by atoms with Crippen molar-refractivity contribution in [3.8, 4) is 0 Å². The van der Waals surface area contributed by atoms with Crippen LogP contribution >= 0.6 is 11.6 Å². The fraction of sp³-hybridized carbons (Fsp3) is 0.250. The third kappa shape index (κ3) is 1.97. The maximum Gasteiger partial charge on any atom is 0.0641 e. The van der Waals surface area contributed by atoms with Gasteiger partial charge in [0.25, 0.3) is 0 Å². The van der Waals surface area contributed by atoms with Crippen LogP contribution in [0.2, 0.25) is 0 Å². The predicted octanol–water partition coefficient (Wildman–Crippen LogP) is 1.44. The Kier molecular flexibility index (Phi) is 2.77. The van der Waals surface area contributed by atoms with Crippen molar-refractivity contribution in [2.45, 2.75) is 0 Å². The first kappa shape index (κ1) is 5.70. The minimum Gasteiger partial charge on any atom is -0.268 e. The quantitative estimate of drug-likeness (QED) is 0.371. The molecular weight excluding hydrogens is 97.5 g/mol. The maximum absolute atomic E-state index is 5.22. The third-order valence-electron chi connectivity index (χ3n) is 0.378. The molecule has 0 fully saturated rings. The number of aliphatic imine (C=N–C) groups is 1. The van der Waals surface area contributed by atoms with E-state index in [0.29, 0.717) is 11.6 Å². The molecule has 0 radical (unpaired) electrons. The van der Waals surface area contributed by atoms with E-state index in [9.17, 15) is 0 Å². The lowest BCUT2D eigenvalue weighted by Crippen LogP contribution is -1.70.